The maximum atomic E-state index is 4.70. The first-order valence-electron chi connectivity index (χ1n) is 7.57. The molecule has 3 aliphatic heterocycles. The van der Waals surface area contributed by atoms with Gasteiger partial charge in [0.2, 0.25) is 0 Å². The Morgan fingerprint density at radius 1 is 1.21 bits per heavy atom. The summed E-state index contributed by atoms with van der Waals surface area (Å²) in [7, 11) is 2.09. The van der Waals surface area contributed by atoms with Gasteiger partial charge in [0.1, 0.15) is 0 Å². The van der Waals surface area contributed by atoms with Gasteiger partial charge in [0.25, 0.3) is 0 Å². The molecule has 0 spiro atoms. The summed E-state index contributed by atoms with van der Waals surface area (Å²) in [6.45, 7) is 9.47. The molecule has 0 amide bonds. The number of hydrazone groups is 1. The molecule has 2 atom stereocenters. The number of nitrogens with zero attached hydrogens (tertiary/aromatic N) is 4. The van der Waals surface area contributed by atoms with E-state index in [1.54, 1.807) is 0 Å². The summed E-state index contributed by atoms with van der Waals surface area (Å²) in [6.07, 6.45) is 7.25. The predicted octanol–water partition coefficient (Wildman–Crippen LogP) is 2.30. The van der Waals surface area contributed by atoms with Crippen molar-refractivity contribution in [1.29, 1.82) is 0 Å². The fourth-order valence-electron chi connectivity index (χ4n) is 3.93. The normalized spacial score (nSPS) is 35.2. The fourth-order valence-corrected chi connectivity index (χ4v) is 3.93. The highest BCUT2D eigenvalue weighted by molar-refractivity contribution is 5.88. The average molecular weight is 262 g/mol. The van der Waals surface area contributed by atoms with Crippen LogP contribution in [-0.2, 0) is 0 Å². The zero-order valence-corrected chi connectivity index (χ0v) is 12.4. The number of hydrogen-bond donors (Lipinski definition) is 0. The lowest BCUT2D eigenvalue weighted by Gasteiger charge is -2.42. The zero-order valence-electron chi connectivity index (χ0n) is 12.4. The summed E-state index contributed by atoms with van der Waals surface area (Å²) < 4.78 is 0. The first kappa shape index (κ1) is 13.0. The van der Waals surface area contributed by atoms with Crippen molar-refractivity contribution in [2.75, 3.05) is 13.6 Å². The van der Waals surface area contributed by atoms with Crippen molar-refractivity contribution in [3.05, 3.63) is 12.8 Å². The third-order valence-electron chi connectivity index (χ3n) is 5.03. The van der Waals surface area contributed by atoms with Crippen LogP contribution >= 0.6 is 0 Å². The molecule has 19 heavy (non-hydrogen) atoms. The van der Waals surface area contributed by atoms with Crippen LogP contribution in [0.4, 0.5) is 0 Å². The molecule has 0 aromatic heterocycles. The van der Waals surface area contributed by atoms with Crippen LogP contribution in [0, 0.1) is 5.92 Å². The first-order valence-corrected chi connectivity index (χ1v) is 7.57. The van der Waals surface area contributed by atoms with Gasteiger partial charge in [0, 0.05) is 25.2 Å². The van der Waals surface area contributed by atoms with E-state index in [-0.39, 0.29) is 0 Å². The van der Waals surface area contributed by atoms with E-state index in [4.69, 9.17) is 5.10 Å². The molecule has 106 valence electrons. The largest absolute Gasteiger partial charge is 0.372 e. The van der Waals surface area contributed by atoms with Crippen molar-refractivity contribution >= 4 is 5.71 Å². The maximum Gasteiger partial charge on any atom is 0.0605 e. The molecule has 0 N–H and O–H groups in total. The summed E-state index contributed by atoms with van der Waals surface area (Å²) >= 11 is 0. The molecule has 3 aliphatic rings. The number of hydrazine groups is 1. The molecule has 3 rings (SSSR count). The van der Waals surface area contributed by atoms with Crippen LogP contribution in [0.3, 0.4) is 0 Å². The molecule has 0 radical (unpaired) electrons. The van der Waals surface area contributed by atoms with Crippen molar-refractivity contribution < 1.29 is 0 Å². The smallest absolute Gasteiger partial charge is 0.0605 e. The highest BCUT2D eigenvalue weighted by Crippen LogP contribution is 2.38. The minimum atomic E-state index is 0.553. The molecule has 4 nitrogen and oxygen atoms in total. The van der Waals surface area contributed by atoms with E-state index < -0.39 is 0 Å². The van der Waals surface area contributed by atoms with Crippen molar-refractivity contribution in [3.8, 4) is 0 Å². The van der Waals surface area contributed by atoms with Gasteiger partial charge >= 0.3 is 0 Å². The maximum absolute atomic E-state index is 4.70. The second-order valence-corrected chi connectivity index (χ2v) is 6.47. The van der Waals surface area contributed by atoms with E-state index in [0.29, 0.717) is 24.0 Å². The Kier molecular flexibility index (Phi) is 3.29. The molecule has 2 saturated heterocycles. The number of rotatable bonds is 3. The van der Waals surface area contributed by atoms with Gasteiger partial charge in [-0.25, -0.2) is 5.12 Å². The van der Waals surface area contributed by atoms with Crippen LogP contribution in [-0.4, -0.2) is 52.5 Å². The third kappa shape index (κ3) is 2.16. The van der Waals surface area contributed by atoms with Crippen molar-refractivity contribution in [1.82, 2.24) is 15.0 Å². The predicted molar refractivity (Wildman–Crippen MR) is 78.6 cm³/mol. The minimum absolute atomic E-state index is 0.553. The topological polar surface area (TPSA) is 22.1 Å². The SMILES string of the molecule is C=CN1C2CCC1CC(N1CC(C(C)C)=NN1C)C2. The highest BCUT2D eigenvalue weighted by atomic mass is 15.8. The molecule has 0 aliphatic carbocycles. The van der Waals surface area contributed by atoms with Crippen molar-refractivity contribution in [2.45, 2.75) is 57.7 Å². The Balaban J connectivity index is 1.68. The van der Waals surface area contributed by atoms with E-state index in [9.17, 15) is 0 Å². The quantitative estimate of drug-likeness (QED) is 0.779. The van der Waals surface area contributed by atoms with Crippen molar-refractivity contribution in [3.63, 3.8) is 0 Å². The lowest BCUT2D eigenvalue weighted by molar-refractivity contribution is -0.0380. The Labute approximate surface area is 116 Å². The van der Waals surface area contributed by atoms with Crippen LogP contribution in [0.15, 0.2) is 17.9 Å². The molecule has 2 unspecified atom stereocenters. The second kappa shape index (κ2) is 4.82. The molecule has 0 aromatic rings. The Morgan fingerprint density at radius 3 is 2.32 bits per heavy atom. The van der Waals surface area contributed by atoms with Gasteiger partial charge in [-0.15, -0.1) is 0 Å². The second-order valence-electron chi connectivity index (χ2n) is 6.47. The summed E-state index contributed by atoms with van der Waals surface area (Å²) in [6, 6.07) is 2.06. The minimum Gasteiger partial charge on any atom is -0.372 e. The zero-order chi connectivity index (χ0) is 13.6. The molecule has 0 aromatic carbocycles. The van der Waals surface area contributed by atoms with E-state index in [2.05, 4.69) is 48.7 Å². The van der Waals surface area contributed by atoms with Gasteiger partial charge in [-0.3, -0.25) is 0 Å². The molecule has 4 heteroatoms. The van der Waals surface area contributed by atoms with Crippen LogP contribution in [0.5, 0.6) is 0 Å². The van der Waals surface area contributed by atoms with Crippen LogP contribution in [0.25, 0.3) is 0 Å². The van der Waals surface area contributed by atoms with E-state index in [1.807, 2.05) is 0 Å². The van der Waals surface area contributed by atoms with Crippen molar-refractivity contribution in [2.24, 2.45) is 11.0 Å². The standard InChI is InChI=1S/C15H26N4/c1-5-18-12-6-7-13(18)9-14(8-12)19-10-15(11(2)3)16-17(19)4/h5,11-14H,1,6-10H2,2-4H3. The third-order valence-corrected chi connectivity index (χ3v) is 5.03. The summed E-state index contributed by atoms with van der Waals surface area (Å²) in [5.74, 6) is 0.553. The lowest BCUT2D eigenvalue weighted by atomic mass is 9.96. The van der Waals surface area contributed by atoms with Gasteiger partial charge in [0.05, 0.1) is 12.3 Å². The molecular weight excluding hydrogens is 236 g/mol. The average Bonchev–Trinajstić information content (AvgIpc) is 2.87. The van der Waals surface area contributed by atoms with E-state index in [1.165, 1.54) is 31.4 Å². The Morgan fingerprint density at radius 2 is 1.84 bits per heavy atom. The summed E-state index contributed by atoms with van der Waals surface area (Å²) in [5.41, 5.74) is 1.32. The number of hydrogen-bond acceptors (Lipinski definition) is 4. The van der Waals surface area contributed by atoms with Crippen LogP contribution in [0.2, 0.25) is 0 Å². The Bertz CT molecular complexity index is 376. The Hall–Kier alpha value is -1.03. The van der Waals surface area contributed by atoms with Crippen LogP contribution < -0.4 is 0 Å². The number of fused-ring (bicyclic) bond motifs is 2. The van der Waals surface area contributed by atoms with E-state index in [0.717, 1.165) is 6.54 Å². The number of piperidine rings is 1. The summed E-state index contributed by atoms with van der Waals surface area (Å²) in [4.78, 5) is 2.50. The van der Waals surface area contributed by atoms with Gasteiger partial charge in [-0.05, 0) is 37.8 Å². The molecule has 2 fully saturated rings. The summed E-state index contributed by atoms with van der Waals surface area (Å²) in [5, 5.41) is 9.26. The lowest BCUT2D eigenvalue weighted by Crippen LogP contribution is -2.51. The molecule has 2 bridgehead atoms. The van der Waals surface area contributed by atoms with Gasteiger partial charge in [-0.2, -0.15) is 10.1 Å². The molecule has 3 heterocycles. The molecule has 0 saturated carbocycles. The van der Waals surface area contributed by atoms with Crippen LogP contribution in [0.1, 0.15) is 39.5 Å². The van der Waals surface area contributed by atoms with Gasteiger partial charge < -0.3 is 4.90 Å². The molecular formula is C15H26N4. The van der Waals surface area contributed by atoms with Gasteiger partial charge in [0.15, 0.2) is 0 Å². The monoisotopic (exact) mass is 262 g/mol. The van der Waals surface area contributed by atoms with E-state index >= 15 is 0 Å². The highest BCUT2D eigenvalue weighted by Gasteiger charge is 2.42. The van der Waals surface area contributed by atoms with Gasteiger partial charge in [-0.1, -0.05) is 20.4 Å². The first-order chi connectivity index (χ1) is 9.10. The fraction of sp³-hybridized carbons (Fsp3) is 0.800.